The third kappa shape index (κ3) is 3.06. The van der Waals surface area contributed by atoms with E-state index in [-0.39, 0.29) is 17.5 Å². The maximum atomic E-state index is 12.0. The van der Waals surface area contributed by atoms with E-state index in [9.17, 15) is 8.78 Å². The lowest BCUT2D eigenvalue weighted by atomic mass is 10.1. The molecule has 84 valence electrons. The molecule has 0 amide bonds. The van der Waals surface area contributed by atoms with Crippen molar-refractivity contribution < 1.29 is 18.3 Å². The molecule has 1 rings (SSSR count). The molecule has 0 aliphatic rings. The van der Waals surface area contributed by atoms with Gasteiger partial charge in [0.25, 0.3) is 0 Å². The van der Waals surface area contributed by atoms with Crippen molar-refractivity contribution in [3.8, 4) is 11.5 Å². The van der Waals surface area contributed by atoms with Crippen LogP contribution in [0.1, 0.15) is 18.5 Å². The molecular formula is C10H13F2NO2. The molecule has 2 N–H and O–H groups in total. The molecule has 0 bridgehead atoms. The lowest BCUT2D eigenvalue weighted by Crippen LogP contribution is -2.06. The fourth-order valence-corrected chi connectivity index (χ4v) is 1.16. The van der Waals surface area contributed by atoms with Crippen LogP contribution in [0.25, 0.3) is 0 Å². The molecule has 3 nitrogen and oxygen atoms in total. The molecule has 0 heterocycles. The van der Waals surface area contributed by atoms with E-state index in [1.165, 1.54) is 12.1 Å². The summed E-state index contributed by atoms with van der Waals surface area (Å²) >= 11 is 0. The zero-order valence-electron chi connectivity index (χ0n) is 8.37. The first-order valence-electron chi connectivity index (χ1n) is 4.46. The molecule has 15 heavy (non-hydrogen) atoms. The highest BCUT2D eigenvalue weighted by Gasteiger charge is 2.08. The summed E-state index contributed by atoms with van der Waals surface area (Å²) in [4.78, 5) is 0. The van der Waals surface area contributed by atoms with Crippen molar-refractivity contribution in [1.29, 1.82) is 0 Å². The summed E-state index contributed by atoms with van der Waals surface area (Å²) in [7, 11) is 0. The number of halogens is 2. The Labute approximate surface area is 86.8 Å². The number of alkyl halides is 2. The largest absolute Gasteiger partial charge is 0.459 e. The normalized spacial score (nSPS) is 12.3. The van der Waals surface area contributed by atoms with Gasteiger partial charge in [-0.25, -0.2) is 8.78 Å². The lowest BCUT2D eigenvalue weighted by Gasteiger charge is -2.12. The van der Waals surface area contributed by atoms with Gasteiger partial charge >= 0.3 is 0 Å². The number of rotatable bonds is 5. The number of hydrogen-bond donors (Lipinski definition) is 1. The van der Waals surface area contributed by atoms with E-state index in [0.717, 1.165) is 5.56 Å². The third-order valence-electron chi connectivity index (χ3n) is 1.91. The molecule has 0 aliphatic carbocycles. The Morgan fingerprint density at radius 3 is 2.33 bits per heavy atom. The van der Waals surface area contributed by atoms with Gasteiger partial charge in [0.05, 0.1) is 0 Å². The average molecular weight is 217 g/mol. The van der Waals surface area contributed by atoms with Crippen molar-refractivity contribution in [3.63, 3.8) is 0 Å². The van der Waals surface area contributed by atoms with Crippen molar-refractivity contribution in [1.82, 2.24) is 0 Å². The predicted molar refractivity (Wildman–Crippen MR) is 52.3 cm³/mol. The summed E-state index contributed by atoms with van der Waals surface area (Å²) in [6.45, 7) is -0.199. The fraction of sp³-hybridized carbons (Fsp3) is 0.400. The van der Waals surface area contributed by atoms with E-state index in [1.54, 1.807) is 13.0 Å². The van der Waals surface area contributed by atoms with Crippen LogP contribution in [0.4, 0.5) is 8.78 Å². The first-order chi connectivity index (χ1) is 7.19. The van der Waals surface area contributed by atoms with Crippen LogP contribution in [-0.2, 0) is 0 Å². The van der Waals surface area contributed by atoms with Gasteiger partial charge in [0, 0.05) is 6.04 Å². The Balaban J connectivity index is 2.97. The van der Waals surface area contributed by atoms with Gasteiger partial charge in [0.15, 0.2) is 11.5 Å². The summed E-state index contributed by atoms with van der Waals surface area (Å²) in [6, 6.07) is 4.52. The number of ether oxygens (including phenoxy) is 2. The molecule has 1 aromatic rings. The minimum absolute atomic E-state index is 0.157. The molecule has 0 aliphatic heterocycles. The quantitative estimate of drug-likeness (QED) is 0.823. The smallest absolute Gasteiger partial charge is 0.228 e. The standard InChI is InChI=1S/C10H13F2NO2/c1-7(13)8-2-3-9(14-5-11)10(4-8)15-6-12/h2-4,7H,5-6,13H2,1H3/t7-/m0/s1. The molecule has 0 aromatic heterocycles. The summed E-state index contributed by atoms with van der Waals surface area (Å²) < 4.78 is 33.3. The number of nitrogens with two attached hydrogens (primary N) is 1. The zero-order chi connectivity index (χ0) is 11.3. The molecule has 0 saturated carbocycles. The molecule has 5 heteroatoms. The van der Waals surface area contributed by atoms with Gasteiger partial charge in [0.2, 0.25) is 13.7 Å². The summed E-state index contributed by atoms with van der Waals surface area (Å²) in [5.74, 6) is 0.324. The lowest BCUT2D eigenvalue weighted by molar-refractivity contribution is 0.157. The van der Waals surface area contributed by atoms with Gasteiger partial charge in [0.1, 0.15) is 0 Å². The van der Waals surface area contributed by atoms with E-state index in [4.69, 9.17) is 5.73 Å². The fourth-order valence-electron chi connectivity index (χ4n) is 1.16. The SMILES string of the molecule is C[C@H](N)c1ccc(OCF)c(OCF)c1. The maximum Gasteiger partial charge on any atom is 0.228 e. The van der Waals surface area contributed by atoms with Crippen molar-refractivity contribution in [2.75, 3.05) is 13.7 Å². The van der Waals surface area contributed by atoms with Crippen LogP contribution in [-0.4, -0.2) is 13.7 Å². The maximum absolute atomic E-state index is 12.0. The van der Waals surface area contributed by atoms with E-state index in [2.05, 4.69) is 9.47 Å². The van der Waals surface area contributed by atoms with Crippen LogP contribution in [0.15, 0.2) is 18.2 Å². The molecule has 1 aromatic carbocycles. The highest BCUT2D eigenvalue weighted by molar-refractivity contribution is 5.43. The van der Waals surface area contributed by atoms with Gasteiger partial charge < -0.3 is 15.2 Å². The van der Waals surface area contributed by atoms with Gasteiger partial charge in [-0.3, -0.25) is 0 Å². The van der Waals surface area contributed by atoms with Crippen LogP contribution < -0.4 is 15.2 Å². The second kappa shape index (κ2) is 5.50. The van der Waals surface area contributed by atoms with Gasteiger partial charge in [-0.1, -0.05) is 6.07 Å². The Morgan fingerprint density at radius 2 is 1.80 bits per heavy atom. The second-order valence-electron chi connectivity index (χ2n) is 3.00. The summed E-state index contributed by atoms with van der Waals surface area (Å²) in [5, 5.41) is 0. The molecule has 0 unspecified atom stereocenters. The van der Waals surface area contributed by atoms with Gasteiger partial charge in [-0.05, 0) is 24.6 Å². The molecule has 0 fully saturated rings. The van der Waals surface area contributed by atoms with E-state index < -0.39 is 13.7 Å². The van der Waals surface area contributed by atoms with Crippen molar-refractivity contribution in [3.05, 3.63) is 23.8 Å². The summed E-state index contributed by atoms with van der Waals surface area (Å²) in [5.41, 5.74) is 6.41. The Kier molecular flexibility index (Phi) is 4.30. The average Bonchev–Trinajstić information content (AvgIpc) is 2.21. The first kappa shape index (κ1) is 11.7. The number of hydrogen-bond acceptors (Lipinski definition) is 3. The van der Waals surface area contributed by atoms with Crippen LogP contribution in [0.5, 0.6) is 11.5 Å². The molecule has 0 saturated heterocycles. The Bertz CT molecular complexity index is 318. The van der Waals surface area contributed by atoms with Gasteiger partial charge in [-0.15, -0.1) is 0 Å². The topological polar surface area (TPSA) is 44.5 Å². The van der Waals surface area contributed by atoms with Crippen LogP contribution in [0.2, 0.25) is 0 Å². The van der Waals surface area contributed by atoms with E-state index >= 15 is 0 Å². The number of benzene rings is 1. The predicted octanol–water partition coefficient (Wildman–Crippen LogP) is 2.32. The Hall–Kier alpha value is -1.36. The monoisotopic (exact) mass is 217 g/mol. The Morgan fingerprint density at radius 1 is 1.20 bits per heavy atom. The molecule has 0 radical (unpaired) electrons. The van der Waals surface area contributed by atoms with Crippen LogP contribution in [0, 0.1) is 0 Å². The van der Waals surface area contributed by atoms with Crippen LogP contribution >= 0.6 is 0 Å². The van der Waals surface area contributed by atoms with Gasteiger partial charge in [-0.2, -0.15) is 0 Å². The van der Waals surface area contributed by atoms with E-state index in [0.29, 0.717) is 0 Å². The summed E-state index contributed by atoms with van der Waals surface area (Å²) in [6.07, 6.45) is 0. The van der Waals surface area contributed by atoms with Crippen LogP contribution in [0.3, 0.4) is 0 Å². The molecular weight excluding hydrogens is 204 g/mol. The van der Waals surface area contributed by atoms with Crippen molar-refractivity contribution in [2.24, 2.45) is 5.73 Å². The van der Waals surface area contributed by atoms with E-state index in [1.807, 2.05) is 0 Å². The minimum Gasteiger partial charge on any atom is -0.459 e. The minimum atomic E-state index is -0.995. The first-order valence-corrected chi connectivity index (χ1v) is 4.46. The third-order valence-corrected chi connectivity index (χ3v) is 1.91. The second-order valence-corrected chi connectivity index (χ2v) is 3.00. The van der Waals surface area contributed by atoms with Crippen molar-refractivity contribution >= 4 is 0 Å². The highest BCUT2D eigenvalue weighted by Crippen LogP contribution is 2.30. The van der Waals surface area contributed by atoms with Crippen molar-refractivity contribution in [2.45, 2.75) is 13.0 Å². The molecule has 1 atom stereocenters. The molecule has 0 spiro atoms. The zero-order valence-corrected chi connectivity index (χ0v) is 8.37. The highest BCUT2D eigenvalue weighted by atomic mass is 19.1.